The number of benzene rings is 1. The van der Waals surface area contributed by atoms with E-state index in [1.165, 1.54) is 4.90 Å². The van der Waals surface area contributed by atoms with Crippen LogP contribution in [0.5, 0.6) is 0 Å². The van der Waals surface area contributed by atoms with Crippen molar-refractivity contribution in [3.05, 3.63) is 24.3 Å². The number of hydrogen-bond acceptors (Lipinski definition) is 3. The number of rotatable bonds is 3. The van der Waals surface area contributed by atoms with Crippen LogP contribution in [0.15, 0.2) is 29.2 Å². The minimum absolute atomic E-state index is 0.471. The van der Waals surface area contributed by atoms with Gasteiger partial charge < -0.3 is 4.90 Å². The largest absolute Gasteiger partial charge is 0.357 e. The van der Waals surface area contributed by atoms with Crippen LogP contribution in [0.2, 0.25) is 0 Å². The lowest BCUT2D eigenvalue weighted by Crippen LogP contribution is -2.39. The van der Waals surface area contributed by atoms with Crippen LogP contribution in [0, 0.1) is 11.3 Å². The molecule has 0 fully saturated rings. The number of hydrogen-bond donors (Lipinski definition) is 0. The average molecular weight is 220 g/mol. The van der Waals surface area contributed by atoms with Gasteiger partial charge in [-0.1, -0.05) is 0 Å². The van der Waals surface area contributed by atoms with E-state index in [2.05, 4.69) is 24.5 Å². The molecule has 0 aliphatic rings. The van der Waals surface area contributed by atoms with Crippen LogP contribution in [0.1, 0.15) is 13.8 Å². The van der Waals surface area contributed by atoms with Crippen LogP contribution in [0.25, 0.3) is 0 Å². The van der Waals surface area contributed by atoms with Crippen molar-refractivity contribution in [1.82, 2.24) is 0 Å². The zero-order valence-corrected chi connectivity index (χ0v) is 10.4. The lowest BCUT2D eigenvalue weighted by Gasteiger charge is -2.31. The quantitative estimate of drug-likeness (QED) is 0.732. The summed E-state index contributed by atoms with van der Waals surface area (Å²) in [5.41, 5.74) is 0.597. The smallest absolute Gasteiger partial charge is 0.121 e. The molecule has 3 heteroatoms. The first-order valence-electron chi connectivity index (χ1n) is 4.80. The van der Waals surface area contributed by atoms with Crippen molar-refractivity contribution >= 4 is 17.4 Å². The third-order valence-electron chi connectivity index (χ3n) is 2.57. The van der Waals surface area contributed by atoms with Crippen molar-refractivity contribution in [2.75, 3.05) is 18.2 Å². The molecule has 0 aliphatic heterocycles. The Bertz CT molecular complexity index is 362. The summed E-state index contributed by atoms with van der Waals surface area (Å²) < 4.78 is 0. The van der Waals surface area contributed by atoms with E-state index in [1.54, 1.807) is 11.8 Å². The maximum absolute atomic E-state index is 9.03. The van der Waals surface area contributed by atoms with E-state index in [-0.39, 0.29) is 0 Å². The highest BCUT2D eigenvalue weighted by atomic mass is 32.2. The molecule has 0 unspecified atom stereocenters. The van der Waals surface area contributed by atoms with Gasteiger partial charge in [0.2, 0.25) is 0 Å². The van der Waals surface area contributed by atoms with Crippen molar-refractivity contribution in [3.63, 3.8) is 0 Å². The van der Waals surface area contributed by atoms with Crippen LogP contribution in [0.3, 0.4) is 0 Å². The van der Waals surface area contributed by atoms with E-state index in [0.717, 1.165) is 5.69 Å². The Kier molecular flexibility index (Phi) is 3.65. The molecule has 0 aliphatic carbocycles. The van der Waals surface area contributed by atoms with Crippen LogP contribution >= 0.6 is 11.8 Å². The van der Waals surface area contributed by atoms with Crippen molar-refractivity contribution in [3.8, 4) is 6.07 Å². The number of anilines is 1. The van der Waals surface area contributed by atoms with Gasteiger partial charge in [0.1, 0.15) is 5.54 Å². The zero-order valence-electron chi connectivity index (χ0n) is 9.61. The number of nitriles is 1. The minimum Gasteiger partial charge on any atom is -0.357 e. The monoisotopic (exact) mass is 220 g/mol. The molecule has 0 saturated heterocycles. The summed E-state index contributed by atoms with van der Waals surface area (Å²) in [5, 5.41) is 9.03. The summed E-state index contributed by atoms with van der Waals surface area (Å²) in [5.74, 6) is 0. The summed E-state index contributed by atoms with van der Waals surface area (Å²) in [4.78, 5) is 3.22. The van der Waals surface area contributed by atoms with Crippen LogP contribution in [-0.4, -0.2) is 18.8 Å². The Morgan fingerprint density at radius 2 is 1.80 bits per heavy atom. The van der Waals surface area contributed by atoms with Gasteiger partial charge in [-0.25, -0.2) is 0 Å². The maximum Gasteiger partial charge on any atom is 0.121 e. The topological polar surface area (TPSA) is 27.0 Å². The standard InChI is InChI=1S/C12H16N2S/c1-12(2,9-13)14(3)10-5-7-11(15-4)8-6-10/h5-8H,1-4H3. The van der Waals surface area contributed by atoms with Crippen LogP contribution in [-0.2, 0) is 0 Å². The molecule has 0 radical (unpaired) electrons. The molecule has 0 bridgehead atoms. The van der Waals surface area contributed by atoms with E-state index in [0.29, 0.717) is 0 Å². The lowest BCUT2D eigenvalue weighted by atomic mass is 10.1. The Morgan fingerprint density at radius 3 is 2.20 bits per heavy atom. The van der Waals surface area contributed by atoms with Crippen molar-refractivity contribution in [2.45, 2.75) is 24.3 Å². The third-order valence-corrected chi connectivity index (χ3v) is 3.32. The normalized spacial score (nSPS) is 10.9. The van der Waals surface area contributed by atoms with Gasteiger partial charge in [0.05, 0.1) is 6.07 Å². The Hall–Kier alpha value is -1.14. The van der Waals surface area contributed by atoms with Gasteiger partial charge in [0, 0.05) is 17.6 Å². The van der Waals surface area contributed by atoms with E-state index in [1.807, 2.05) is 37.9 Å². The third kappa shape index (κ3) is 2.66. The Morgan fingerprint density at radius 1 is 1.27 bits per heavy atom. The summed E-state index contributed by atoms with van der Waals surface area (Å²) in [6.07, 6.45) is 2.05. The zero-order chi connectivity index (χ0) is 11.5. The summed E-state index contributed by atoms with van der Waals surface area (Å²) >= 11 is 1.72. The fraction of sp³-hybridized carbons (Fsp3) is 0.417. The molecular weight excluding hydrogens is 204 g/mol. The van der Waals surface area contributed by atoms with E-state index < -0.39 is 5.54 Å². The first-order chi connectivity index (χ1) is 7.01. The first-order valence-corrected chi connectivity index (χ1v) is 6.03. The van der Waals surface area contributed by atoms with E-state index in [9.17, 15) is 0 Å². The Labute approximate surface area is 95.9 Å². The fourth-order valence-corrected chi connectivity index (χ4v) is 1.61. The average Bonchev–Trinajstić information content (AvgIpc) is 2.28. The SMILES string of the molecule is CSc1ccc(N(C)C(C)(C)C#N)cc1. The van der Waals surface area contributed by atoms with Crippen molar-refractivity contribution in [1.29, 1.82) is 5.26 Å². The maximum atomic E-state index is 9.03. The first kappa shape index (κ1) is 11.9. The van der Waals surface area contributed by atoms with E-state index in [4.69, 9.17) is 5.26 Å². The second kappa shape index (κ2) is 4.59. The highest BCUT2D eigenvalue weighted by molar-refractivity contribution is 7.98. The molecule has 0 N–H and O–H groups in total. The second-order valence-corrected chi connectivity index (χ2v) is 4.81. The Balaban J connectivity index is 2.93. The molecule has 0 atom stereocenters. The van der Waals surface area contributed by atoms with Gasteiger partial charge in [-0.05, 0) is 44.4 Å². The predicted molar refractivity (Wildman–Crippen MR) is 66.3 cm³/mol. The van der Waals surface area contributed by atoms with Gasteiger partial charge >= 0.3 is 0 Å². The molecule has 0 spiro atoms. The number of nitrogens with zero attached hydrogens (tertiary/aromatic N) is 2. The van der Waals surface area contributed by atoms with Crippen molar-refractivity contribution in [2.24, 2.45) is 0 Å². The second-order valence-electron chi connectivity index (χ2n) is 3.93. The molecule has 0 heterocycles. The molecule has 0 amide bonds. The molecule has 1 rings (SSSR count). The number of thioether (sulfide) groups is 1. The molecule has 15 heavy (non-hydrogen) atoms. The molecule has 0 saturated carbocycles. The van der Waals surface area contributed by atoms with Gasteiger partial charge in [-0.3, -0.25) is 0 Å². The van der Waals surface area contributed by atoms with Crippen LogP contribution < -0.4 is 4.90 Å². The summed E-state index contributed by atoms with van der Waals surface area (Å²) in [7, 11) is 1.94. The summed E-state index contributed by atoms with van der Waals surface area (Å²) in [6.45, 7) is 3.82. The summed E-state index contributed by atoms with van der Waals surface area (Å²) in [6, 6.07) is 10.5. The molecule has 2 nitrogen and oxygen atoms in total. The molecule has 80 valence electrons. The fourth-order valence-electron chi connectivity index (χ4n) is 1.20. The van der Waals surface area contributed by atoms with E-state index >= 15 is 0 Å². The molecule has 1 aromatic rings. The molecule has 1 aromatic carbocycles. The highest BCUT2D eigenvalue weighted by Crippen LogP contribution is 2.24. The highest BCUT2D eigenvalue weighted by Gasteiger charge is 2.22. The van der Waals surface area contributed by atoms with Gasteiger partial charge in [-0.15, -0.1) is 11.8 Å². The predicted octanol–water partition coefficient (Wildman–Crippen LogP) is 3.15. The minimum atomic E-state index is -0.471. The lowest BCUT2D eigenvalue weighted by molar-refractivity contribution is 0.617. The van der Waals surface area contributed by atoms with Crippen LogP contribution in [0.4, 0.5) is 5.69 Å². The molecule has 0 aromatic heterocycles. The van der Waals surface area contributed by atoms with Gasteiger partial charge in [0.15, 0.2) is 0 Å². The molecular formula is C12H16N2S. The van der Waals surface area contributed by atoms with Gasteiger partial charge in [0.25, 0.3) is 0 Å². The van der Waals surface area contributed by atoms with Crippen molar-refractivity contribution < 1.29 is 0 Å². The van der Waals surface area contributed by atoms with Gasteiger partial charge in [-0.2, -0.15) is 5.26 Å².